The first-order valence-electron chi connectivity index (χ1n) is 7.09. The Morgan fingerprint density at radius 2 is 2.00 bits per heavy atom. The van der Waals surface area contributed by atoms with E-state index in [1.807, 2.05) is 7.05 Å². The Balaban J connectivity index is 0.00000264. The summed E-state index contributed by atoms with van der Waals surface area (Å²) < 4.78 is 36.1. The van der Waals surface area contributed by atoms with E-state index in [9.17, 15) is 17.6 Å². The number of rotatable bonds is 4. The van der Waals surface area contributed by atoms with Crippen LogP contribution in [-0.2, 0) is 10.0 Å². The van der Waals surface area contributed by atoms with Gasteiger partial charge in [-0.25, -0.2) is 17.9 Å². The summed E-state index contributed by atoms with van der Waals surface area (Å²) in [4.78, 5) is 13.4. The molecule has 0 aromatic heterocycles. The minimum Gasteiger partial charge on any atom is -0.339 e. The number of benzene rings is 1. The van der Waals surface area contributed by atoms with E-state index in [1.54, 1.807) is 4.90 Å². The van der Waals surface area contributed by atoms with Gasteiger partial charge >= 0.3 is 0 Å². The van der Waals surface area contributed by atoms with Crippen molar-refractivity contribution < 1.29 is 17.6 Å². The van der Waals surface area contributed by atoms with Crippen molar-refractivity contribution in [1.29, 1.82) is 0 Å². The van der Waals surface area contributed by atoms with Gasteiger partial charge in [0, 0.05) is 18.7 Å². The molecule has 1 heterocycles. The third-order valence-corrected chi connectivity index (χ3v) is 4.82. The van der Waals surface area contributed by atoms with Gasteiger partial charge in [-0.15, -0.1) is 12.4 Å². The van der Waals surface area contributed by atoms with Crippen LogP contribution in [0.25, 0.3) is 0 Å². The van der Waals surface area contributed by atoms with Crippen molar-refractivity contribution in [2.45, 2.75) is 17.7 Å². The van der Waals surface area contributed by atoms with Crippen molar-refractivity contribution in [3.05, 3.63) is 29.6 Å². The summed E-state index contributed by atoms with van der Waals surface area (Å²) in [6.07, 6.45) is 1.79. The van der Waals surface area contributed by atoms with Crippen LogP contribution >= 0.6 is 12.4 Å². The highest BCUT2D eigenvalue weighted by molar-refractivity contribution is 7.89. The largest absolute Gasteiger partial charge is 0.339 e. The Kier molecular flexibility index (Phi) is 6.94. The molecule has 6 nitrogen and oxygen atoms in total. The van der Waals surface area contributed by atoms with Gasteiger partial charge in [0.05, 0.1) is 0 Å². The van der Waals surface area contributed by atoms with Crippen LogP contribution in [0.1, 0.15) is 23.2 Å². The number of halogens is 2. The Labute approximate surface area is 141 Å². The lowest BCUT2D eigenvalue weighted by molar-refractivity contribution is 0.0690. The normalized spacial score (nSPS) is 16.0. The average molecular weight is 366 g/mol. The summed E-state index contributed by atoms with van der Waals surface area (Å²) in [5.74, 6) is -0.753. The van der Waals surface area contributed by atoms with E-state index in [0.29, 0.717) is 19.0 Å². The smallest absolute Gasteiger partial charge is 0.253 e. The molecule has 0 atom stereocenters. The number of nitrogens with zero attached hydrogens (tertiary/aromatic N) is 1. The molecule has 23 heavy (non-hydrogen) atoms. The molecule has 1 amide bonds. The molecule has 0 aliphatic carbocycles. The second-order valence-electron chi connectivity index (χ2n) is 5.48. The van der Waals surface area contributed by atoms with Crippen LogP contribution in [0, 0.1) is 11.7 Å². The van der Waals surface area contributed by atoms with Crippen LogP contribution in [-0.4, -0.2) is 45.9 Å². The van der Waals surface area contributed by atoms with Crippen LogP contribution in [0.5, 0.6) is 0 Å². The SMILES string of the molecule is CNCC1CCN(C(=O)c2ccc(S(N)(=O)=O)c(F)c2)CC1.Cl. The molecule has 1 aromatic rings. The van der Waals surface area contributed by atoms with Gasteiger partial charge in [0.2, 0.25) is 10.0 Å². The first-order valence-corrected chi connectivity index (χ1v) is 8.63. The maximum Gasteiger partial charge on any atom is 0.253 e. The lowest BCUT2D eigenvalue weighted by atomic mass is 9.96. The van der Waals surface area contributed by atoms with E-state index in [0.717, 1.165) is 31.5 Å². The predicted molar refractivity (Wildman–Crippen MR) is 87.6 cm³/mol. The molecule has 0 radical (unpaired) electrons. The Bertz CT molecular complexity index is 661. The molecular weight excluding hydrogens is 345 g/mol. The number of sulfonamides is 1. The quantitative estimate of drug-likeness (QED) is 0.831. The number of carbonyl (C=O) groups excluding carboxylic acids is 1. The minimum atomic E-state index is -4.12. The van der Waals surface area contributed by atoms with Crippen LogP contribution in [0.2, 0.25) is 0 Å². The first-order chi connectivity index (χ1) is 10.3. The Morgan fingerprint density at radius 3 is 2.48 bits per heavy atom. The van der Waals surface area contributed by atoms with E-state index in [1.165, 1.54) is 6.07 Å². The third-order valence-electron chi connectivity index (χ3n) is 3.88. The molecule has 130 valence electrons. The fourth-order valence-electron chi connectivity index (χ4n) is 2.68. The zero-order chi connectivity index (χ0) is 16.3. The molecular formula is C14H21ClFN3O3S. The highest BCUT2D eigenvalue weighted by atomic mass is 35.5. The van der Waals surface area contributed by atoms with E-state index in [-0.39, 0.29) is 23.9 Å². The van der Waals surface area contributed by atoms with Gasteiger partial charge in [-0.1, -0.05) is 0 Å². The number of piperidine rings is 1. The fourth-order valence-corrected chi connectivity index (χ4v) is 3.26. The van der Waals surface area contributed by atoms with E-state index < -0.39 is 20.7 Å². The van der Waals surface area contributed by atoms with Gasteiger partial charge < -0.3 is 10.2 Å². The topological polar surface area (TPSA) is 92.5 Å². The van der Waals surface area contributed by atoms with Crippen LogP contribution in [0.4, 0.5) is 4.39 Å². The molecule has 0 saturated carbocycles. The molecule has 2 rings (SSSR count). The van der Waals surface area contributed by atoms with Crippen LogP contribution in [0.3, 0.4) is 0 Å². The fraction of sp³-hybridized carbons (Fsp3) is 0.500. The monoisotopic (exact) mass is 365 g/mol. The predicted octanol–water partition coefficient (Wildman–Crippen LogP) is 0.967. The first kappa shape index (κ1) is 19.8. The maximum absolute atomic E-state index is 13.8. The van der Waals surface area contributed by atoms with Gasteiger partial charge in [-0.2, -0.15) is 0 Å². The second kappa shape index (κ2) is 8.05. The molecule has 1 saturated heterocycles. The number of nitrogens with two attached hydrogens (primary N) is 1. The molecule has 0 bridgehead atoms. The Hall–Kier alpha value is -1.22. The van der Waals surface area contributed by atoms with E-state index in [4.69, 9.17) is 5.14 Å². The molecule has 1 fully saturated rings. The maximum atomic E-state index is 13.8. The van der Waals surface area contributed by atoms with Gasteiger partial charge in [-0.3, -0.25) is 4.79 Å². The van der Waals surface area contributed by atoms with Crippen LogP contribution in [0.15, 0.2) is 23.1 Å². The van der Waals surface area contributed by atoms with Crippen molar-refractivity contribution in [2.24, 2.45) is 11.1 Å². The number of hydrogen-bond acceptors (Lipinski definition) is 4. The standard InChI is InChI=1S/C14H20FN3O3S.ClH/c1-17-9-10-4-6-18(7-5-10)14(19)11-2-3-13(12(15)8-11)22(16,20)21;/h2-3,8,10,17H,4-7,9H2,1H3,(H2,16,20,21);1H. The van der Waals surface area contributed by atoms with Gasteiger partial charge in [0.1, 0.15) is 10.7 Å². The highest BCUT2D eigenvalue weighted by Gasteiger charge is 2.24. The number of likely N-dealkylation sites (tertiary alicyclic amines) is 1. The number of primary sulfonamides is 1. The molecule has 9 heteroatoms. The van der Waals surface area contributed by atoms with Gasteiger partial charge in [-0.05, 0) is 50.6 Å². The number of amides is 1. The zero-order valence-electron chi connectivity index (χ0n) is 12.8. The summed E-state index contributed by atoms with van der Waals surface area (Å²) in [5, 5.41) is 8.02. The highest BCUT2D eigenvalue weighted by Crippen LogP contribution is 2.20. The van der Waals surface area contributed by atoms with Crippen molar-refractivity contribution in [1.82, 2.24) is 10.2 Å². The van der Waals surface area contributed by atoms with Gasteiger partial charge in [0.25, 0.3) is 5.91 Å². The van der Waals surface area contributed by atoms with Gasteiger partial charge in [0.15, 0.2) is 0 Å². The average Bonchev–Trinajstić information content (AvgIpc) is 2.46. The van der Waals surface area contributed by atoms with E-state index >= 15 is 0 Å². The summed E-state index contributed by atoms with van der Waals surface area (Å²) in [7, 11) is -2.23. The Morgan fingerprint density at radius 1 is 1.39 bits per heavy atom. The lowest BCUT2D eigenvalue weighted by Gasteiger charge is -2.32. The number of nitrogens with one attached hydrogen (secondary N) is 1. The zero-order valence-corrected chi connectivity index (χ0v) is 14.4. The van der Waals surface area contributed by atoms with Crippen molar-refractivity contribution in [2.75, 3.05) is 26.7 Å². The molecule has 0 unspecified atom stereocenters. The van der Waals surface area contributed by atoms with Crippen molar-refractivity contribution >= 4 is 28.3 Å². The number of hydrogen-bond donors (Lipinski definition) is 2. The summed E-state index contributed by atoms with van der Waals surface area (Å²) in [6.45, 7) is 2.15. The summed E-state index contributed by atoms with van der Waals surface area (Å²) >= 11 is 0. The molecule has 1 aliphatic rings. The number of carbonyl (C=O) groups is 1. The van der Waals surface area contributed by atoms with E-state index in [2.05, 4.69) is 5.32 Å². The lowest BCUT2D eigenvalue weighted by Crippen LogP contribution is -2.40. The third kappa shape index (κ3) is 4.87. The molecule has 1 aromatic carbocycles. The summed E-state index contributed by atoms with van der Waals surface area (Å²) in [6, 6.07) is 3.26. The van der Waals surface area contributed by atoms with Crippen molar-refractivity contribution in [3.63, 3.8) is 0 Å². The minimum absolute atomic E-state index is 0. The second-order valence-corrected chi connectivity index (χ2v) is 7.01. The summed E-state index contributed by atoms with van der Waals surface area (Å²) in [5.41, 5.74) is 0.136. The molecule has 3 N–H and O–H groups in total. The molecule has 1 aliphatic heterocycles. The molecule has 0 spiro atoms. The van der Waals surface area contributed by atoms with Crippen LogP contribution < -0.4 is 10.5 Å². The van der Waals surface area contributed by atoms with Crippen molar-refractivity contribution in [3.8, 4) is 0 Å².